The Hall–Kier alpha value is -0.660. The van der Waals surface area contributed by atoms with E-state index < -0.39 is 0 Å². The highest BCUT2D eigenvalue weighted by molar-refractivity contribution is 5.28. The third-order valence-electron chi connectivity index (χ3n) is 0.1000. The third kappa shape index (κ3) is 1.34. The fraction of sp³-hybridized carbons (Fsp3) is 0. The molecule has 0 aliphatic heterocycles. The van der Waals surface area contributed by atoms with Gasteiger partial charge in [-0.2, -0.15) is 10.2 Å². The molecule has 0 fully saturated rings. The van der Waals surface area contributed by atoms with Crippen LogP contribution in [-0.2, 0) is 0 Å². The van der Waals surface area contributed by atoms with Crippen molar-refractivity contribution in [2.75, 3.05) is 0 Å². The number of hydrogen-bond acceptors (Lipinski definition) is 2. The second-order valence-corrected chi connectivity index (χ2v) is 0.283. The Kier molecular flexibility index (Phi) is 1.95. The third-order valence-corrected chi connectivity index (χ3v) is 0.1000. The molecule has 0 N–H and O–H groups in total. The van der Waals surface area contributed by atoms with Crippen molar-refractivity contribution in [1.29, 1.82) is 0 Å². The molecule has 0 aromatic rings. The van der Waals surface area contributed by atoms with Crippen LogP contribution in [-0.4, -0.2) is 13.4 Å². The van der Waals surface area contributed by atoms with Crippen LogP contribution >= 0.6 is 0 Å². The maximum absolute atomic E-state index is 3.00. The molecule has 0 aliphatic rings. The van der Waals surface area contributed by atoms with E-state index in [9.17, 15) is 0 Å². The van der Waals surface area contributed by atoms with Crippen LogP contribution in [0, 0.1) is 0 Å². The van der Waals surface area contributed by atoms with Gasteiger partial charge in [0, 0.05) is 13.4 Å². The Morgan fingerprint density at radius 1 is 1.00 bits per heavy atom. The van der Waals surface area contributed by atoms with Crippen LogP contribution in [0.25, 0.3) is 0 Å². The lowest BCUT2D eigenvalue weighted by atomic mass is 11.6. The van der Waals surface area contributed by atoms with Gasteiger partial charge in [-0.1, -0.05) is 0 Å². The molecule has 4 heavy (non-hydrogen) atoms. The van der Waals surface area contributed by atoms with Crippen LogP contribution in [0.1, 0.15) is 0 Å². The Morgan fingerprint density at radius 3 is 1.25 bits per heavy atom. The van der Waals surface area contributed by atoms with Crippen LogP contribution in [0.3, 0.4) is 0 Å². The van der Waals surface area contributed by atoms with E-state index in [2.05, 4.69) is 23.6 Å². The molecule has 0 spiro atoms. The van der Waals surface area contributed by atoms with Crippen molar-refractivity contribution >= 4 is 13.4 Å². The highest BCUT2D eigenvalue weighted by Gasteiger charge is 1.24. The van der Waals surface area contributed by atoms with E-state index in [0.717, 1.165) is 0 Å². The summed E-state index contributed by atoms with van der Waals surface area (Å²) in [5.41, 5.74) is 0. The first-order valence-corrected chi connectivity index (χ1v) is 0.832. The molecule has 0 atom stereocenters. The Labute approximate surface area is 24.9 Å². The smallest absolute Gasteiger partial charge is 0.0132 e. The molecule has 0 aromatic carbocycles. The van der Waals surface area contributed by atoms with E-state index in [0.29, 0.717) is 0 Å². The standard InChI is InChI=1S/C2H4N2/c1-3-4-2/h1-2H2. The zero-order valence-corrected chi connectivity index (χ0v) is 2.31. The van der Waals surface area contributed by atoms with Gasteiger partial charge in [-0.15, -0.1) is 0 Å². The van der Waals surface area contributed by atoms with Crippen molar-refractivity contribution in [3.8, 4) is 0 Å². The molecule has 0 saturated heterocycles. The fourth-order valence-corrected chi connectivity index (χ4v) is 0. The minimum atomic E-state index is 3.00. The monoisotopic (exact) mass is 56.0 g/mol. The summed E-state index contributed by atoms with van der Waals surface area (Å²) in [6.45, 7) is 6.00. The van der Waals surface area contributed by atoms with Gasteiger partial charge in [0.2, 0.25) is 0 Å². The average molecular weight is 56.1 g/mol. The van der Waals surface area contributed by atoms with E-state index in [4.69, 9.17) is 0 Å². The van der Waals surface area contributed by atoms with Gasteiger partial charge >= 0.3 is 0 Å². The molecular weight excluding hydrogens is 52.0 g/mol. The second-order valence-electron chi connectivity index (χ2n) is 0.283. The fourth-order valence-electron chi connectivity index (χ4n) is 0. The van der Waals surface area contributed by atoms with Gasteiger partial charge in [-0.3, -0.25) is 0 Å². The molecule has 0 bridgehead atoms. The van der Waals surface area contributed by atoms with Crippen LogP contribution in [0.2, 0.25) is 0 Å². The molecular formula is C2H4N2. The van der Waals surface area contributed by atoms with Crippen LogP contribution in [0.15, 0.2) is 10.2 Å². The molecule has 0 aliphatic carbocycles. The Bertz CT molecular complexity index is 25.0. The van der Waals surface area contributed by atoms with E-state index in [1.807, 2.05) is 0 Å². The predicted molar refractivity (Wildman–Crippen MR) is 19.1 cm³/mol. The van der Waals surface area contributed by atoms with Gasteiger partial charge in [-0.25, -0.2) is 0 Å². The van der Waals surface area contributed by atoms with E-state index in [1.54, 1.807) is 0 Å². The number of rotatable bonds is 1. The molecule has 2 heteroatoms. The van der Waals surface area contributed by atoms with E-state index in [-0.39, 0.29) is 0 Å². The van der Waals surface area contributed by atoms with Crippen molar-refractivity contribution in [2.45, 2.75) is 0 Å². The minimum absolute atomic E-state index is 3.00. The maximum atomic E-state index is 3.00. The highest BCUT2D eigenvalue weighted by Crippen LogP contribution is 1.47. The van der Waals surface area contributed by atoms with Crippen molar-refractivity contribution in [3.63, 3.8) is 0 Å². The summed E-state index contributed by atoms with van der Waals surface area (Å²) >= 11 is 0. The maximum Gasteiger partial charge on any atom is 0.0132 e. The van der Waals surface area contributed by atoms with Crippen LogP contribution in [0.4, 0.5) is 0 Å². The lowest BCUT2D eigenvalue weighted by molar-refractivity contribution is 1.29. The number of hydrogen-bond donors (Lipinski definition) is 0. The van der Waals surface area contributed by atoms with Gasteiger partial charge in [0.25, 0.3) is 0 Å². The van der Waals surface area contributed by atoms with Crippen LogP contribution < -0.4 is 0 Å². The second kappa shape index (κ2) is 2.34. The van der Waals surface area contributed by atoms with Crippen molar-refractivity contribution in [3.05, 3.63) is 0 Å². The summed E-state index contributed by atoms with van der Waals surface area (Å²) in [4.78, 5) is 0. The first-order valence-electron chi connectivity index (χ1n) is 0.832. The molecule has 0 saturated carbocycles. The summed E-state index contributed by atoms with van der Waals surface area (Å²) in [7, 11) is 0. The topological polar surface area (TPSA) is 24.7 Å². The molecule has 0 unspecified atom stereocenters. The minimum Gasteiger partial charge on any atom is -0.168 e. The molecule has 22 valence electrons. The molecule has 0 amide bonds. The molecule has 0 rings (SSSR count). The molecule has 2 nitrogen and oxygen atoms in total. The quantitative estimate of drug-likeness (QED) is 0.305. The summed E-state index contributed by atoms with van der Waals surface area (Å²) in [6.07, 6.45) is 0. The summed E-state index contributed by atoms with van der Waals surface area (Å²) in [6, 6.07) is 0. The zero-order valence-electron chi connectivity index (χ0n) is 2.31. The number of nitrogens with zero attached hydrogens (tertiary/aromatic N) is 2. The summed E-state index contributed by atoms with van der Waals surface area (Å²) in [5.74, 6) is 0. The van der Waals surface area contributed by atoms with Crippen molar-refractivity contribution in [2.24, 2.45) is 10.2 Å². The first-order chi connectivity index (χ1) is 1.91. The van der Waals surface area contributed by atoms with Crippen molar-refractivity contribution < 1.29 is 0 Å². The van der Waals surface area contributed by atoms with Gasteiger partial charge in [0.05, 0.1) is 0 Å². The van der Waals surface area contributed by atoms with Gasteiger partial charge < -0.3 is 0 Å². The Balaban J connectivity index is 2.73. The molecule has 0 heterocycles. The SMILES string of the molecule is C=NN=C. The molecule has 0 aromatic heterocycles. The van der Waals surface area contributed by atoms with Crippen molar-refractivity contribution in [1.82, 2.24) is 0 Å². The summed E-state index contributed by atoms with van der Waals surface area (Å²) in [5, 5.41) is 6.00. The first kappa shape index (κ1) is 3.34. The van der Waals surface area contributed by atoms with E-state index in [1.165, 1.54) is 0 Å². The summed E-state index contributed by atoms with van der Waals surface area (Å²) < 4.78 is 0. The lowest BCUT2D eigenvalue weighted by Crippen LogP contribution is -1.30. The van der Waals surface area contributed by atoms with Crippen LogP contribution in [0.5, 0.6) is 0 Å². The highest BCUT2D eigenvalue weighted by atomic mass is 15.2. The Morgan fingerprint density at radius 2 is 1.25 bits per heavy atom. The van der Waals surface area contributed by atoms with Gasteiger partial charge in [-0.05, 0) is 0 Å². The lowest BCUT2D eigenvalue weighted by Gasteiger charge is -1.50. The normalized spacial score (nSPS) is 5.00. The predicted octanol–water partition coefficient (Wildman–Crippen LogP) is 0.303. The molecule has 0 radical (unpaired) electrons. The van der Waals surface area contributed by atoms with Gasteiger partial charge in [0.1, 0.15) is 0 Å². The average Bonchev–Trinajstić information content (AvgIpc) is 1.37. The zero-order chi connectivity index (χ0) is 3.41. The largest absolute Gasteiger partial charge is 0.168 e. The van der Waals surface area contributed by atoms with Gasteiger partial charge in [0.15, 0.2) is 0 Å². The van der Waals surface area contributed by atoms with E-state index >= 15 is 0 Å².